The highest BCUT2D eigenvalue weighted by atomic mass is 16.2. The van der Waals surface area contributed by atoms with Crippen LogP contribution in [0.2, 0.25) is 0 Å². The molecule has 0 saturated carbocycles. The van der Waals surface area contributed by atoms with Crippen molar-refractivity contribution in [2.45, 2.75) is 46.1 Å². The summed E-state index contributed by atoms with van der Waals surface area (Å²) in [6.45, 7) is 7.81. The van der Waals surface area contributed by atoms with Gasteiger partial charge in [0.15, 0.2) is 0 Å². The molecule has 0 bridgehead atoms. The van der Waals surface area contributed by atoms with Crippen LogP contribution in [0.5, 0.6) is 0 Å². The summed E-state index contributed by atoms with van der Waals surface area (Å²) in [5.41, 5.74) is 0.718. The van der Waals surface area contributed by atoms with Crippen molar-refractivity contribution < 1.29 is 9.59 Å². The van der Waals surface area contributed by atoms with Crippen LogP contribution in [0.3, 0.4) is 0 Å². The van der Waals surface area contributed by atoms with Gasteiger partial charge in [0.05, 0.1) is 0 Å². The average Bonchev–Trinajstić information content (AvgIpc) is 2.74. The standard InChI is InChI=1S/C24H31N3O3/c1-17(2)27-15-20(23(29)25-12-9-19-7-5-4-6-8-19)22(28)21(16-27)24(30)26-13-10-18(3)11-14-26/h4-8,15-18H,9-14H2,1-3H3,(H,25,29). The molecule has 0 aliphatic carbocycles. The highest BCUT2D eigenvalue weighted by molar-refractivity contribution is 5.99. The fourth-order valence-electron chi connectivity index (χ4n) is 3.65. The van der Waals surface area contributed by atoms with E-state index in [1.165, 1.54) is 0 Å². The molecule has 160 valence electrons. The summed E-state index contributed by atoms with van der Waals surface area (Å²) < 4.78 is 1.77. The van der Waals surface area contributed by atoms with Gasteiger partial charge in [-0.3, -0.25) is 14.4 Å². The lowest BCUT2D eigenvalue weighted by atomic mass is 9.98. The first-order chi connectivity index (χ1) is 14.4. The monoisotopic (exact) mass is 409 g/mol. The third kappa shape index (κ3) is 5.17. The molecule has 30 heavy (non-hydrogen) atoms. The Labute approximate surface area is 177 Å². The number of rotatable bonds is 6. The topological polar surface area (TPSA) is 71.4 Å². The maximum Gasteiger partial charge on any atom is 0.259 e. The van der Waals surface area contributed by atoms with E-state index in [9.17, 15) is 14.4 Å². The Kier molecular flexibility index (Phi) is 7.08. The van der Waals surface area contributed by atoms with Crippen molar-refractivity contribution in [2.75, 3.05) is 19.6 Å². The van der Waals surface area contributed by atoms with Crippen LogP contribution >= 0.6 is 0 Å². The predicted molar refractivity (Wildman–Crippen MR) is 118 cm³/mol. The molecule has 2 aromatic rings. The van der Waals surface area contributed by atoms with Crippen LogP contribution in [-0.2, 0) is 6.42 Å². The number of aromatic nitrogens is 1. The van der Waals surface area contributed by atoms with Gasteiger partial charge in [0.1, 0.15) is 11.1 Å². The molecule has 1 aromatic carbocycles. The van der Waals surface area contributed by atoms with Crippen LogP contribution in [0.4, 0.5) is 0 Å². The lowest BCUT2D eigenvalue weighted by Gasteiger charge is -2.30. The van der Waals surface area contributed by atoms with Crippen molar-refractivity contribution in [3.8, 4) is 0 Å². The summed E-state index contributed by atoms with van der Waals surface area (Å²) in [6.07, 6.45) is 5.69. The number of hydrogen-bond donors (Lipinski definition) is 1. The van der Waals surface area contributed by atoms with Gasteiger partial charge in [-0.1, -0.05) is 37.3 Å². The Morgan fingerprint density at radius 2 is 1.70 bits per heavy atom. The molecule has 1 saturated heterocycles. The molecule has 2 amide bonds. The largest absolute Gasteiger partial charge is 0.352 e. The van der Waals surface area contributed by atoms with E-state index in [0.29, 0.717) is 32.0 Å². The van der Waals surface area contributed by atoms with Gasteiger partial charge in [0, 0.05) is 38.1 Å². The Balaban J connectivity index is 1.80. The van der Waals surface area contributed by atoms with Crippen LogP contribution in [0.25, 0.3) is 0 Å². The van der Waals surface area contributed by atoms with Crippen molar-refractivity contribution in [1.29, 1.82) is 0 Å². The first-order valence-electron chi connectivity index (χ1n) is 10.7. The lowest BCUT2D eigenvalue weighted by molar-refractivity contribution is 0.0695. The number of hydrogen-bond acceptors (Lipinski definition) is 3. The zero-order valence-corrected chi connectivity index (χ0v) is 18.1. The normalized spacial score (nSPS) is 14.7. The summed E-state index contributed by atoms with van der Waals surface area (Å²) in [5.74, 6) is -0.129. The summed E-state index contributed by atoms with van der Waals surface area (Å²) in [6, 6.07) is 9.87. The van der Waals surface area contributed by atoms with Crippen LogP contribution in [0.1, 0.15) is 65.9 Å². The van der Waals surface area contributed by atoms with Crippen molar-refractivity contribution in [3.05, 3.63) is 69.6 Å². The molecular weight excluding hydrogens is 378 g/mol. The number of carbonyl (C=O) groups is 2. The van der Waals surface area contributed by atoms with Crippen LogP contribution in [0.15, 0.2) is 47.5 Å². The van der Waals surface area contributed by atoms with E-state index in [0.717, 1.165) is 18.4 Å². The molecule has 0 spiro atoms. The average molecular weight is 410 g/mol. The molecule has 1 fully saturated rings. The molecule has 1 aromatic heterocycles. The maximum atomic E-state index is 13.1. The number of benzene rings is 1. The molecule has 1 N–H and O–H groups in total. The van der Waals surface area contributed by atoms with Crippen LogP contribution in [0, 0.1) is 5.92 Å². The molecule has 2 heterocycles. The molecule has 0 atom stereocenters. The Morgan fingerprint density at radius 3 is 2.33 bits per heavy atom. The maximum absolute atomic E-state index is 13.1. The molecule has 6 nitrogen and oxygen atoms in total. The van der Waals surface area contributed by atoms with Gasteiger partial charge in [0.2, 0.25) is 5.43 Å². The zero-order chi connectivity index (χ0) is 21.7. The number of likely N-dealkylation sites (tertiary alicyclic amines) is 1. The molecule has 0 unspecified atom stereocenters. The van der Waals surface area contributed by atoms with Crippen LogP contribution in [-0.4, -0.2) is 40.9 Å². The number of pyridine rings is 1. The zero-order valence-electron chi connectivity index (χ0n) is 18.1. The van der Waals surface area contributed by atoms with Gasteiger partial charge in [-0.05, 0) is 44.6 Å². The van der Waals surface area contributed by atoms with Crippen molar-refractivity contribution in [3.63, 3.8) is 0 Å². The SMILES string of the molecule is CC1CCN(C(=O)c2cn(C(C)C)cc(C(=O)NCCc3ccccc3)c2=O)CC1. The Bertz CT molecular complexity index is 942. The molecule has 3 rings (SSSR count). The summed E-state index contributed by atoms with van der Waals surface area (Å²) >= 11 is 0. The van der Waals surface area contributed by atoms with Gasteiger partial charge in [-0.25, -0.2) is 0 Å². The van der Waals surface area contributed by atoms with E-state index in [1.807, 2.05) is 44.2 Å². The fraction of sp³-hybridized carbons (Fsp3) is 0.458. The van der Waals surface area contributed by atoms with Gasteiger partial charge < -0.3 is 14.8 Å². The number of carbonyl (C=O) groups excluding carboxylic acids is 2. The molecule has 1 aliphatic heterocycles. The van der Waals surface area contributed by atoms with E-state index < -0.39 is 11.3 Å². The molecular formula is C24H31N3O3. The van der Waals surface area contributed by atoms with E-state index >= 15 is 0 Å². The summed E-state index contributed by atoms with van der Waals surface area (Å²) in [7, 11) is 0. The summed E-state index contributed by atoms with van der Waals surface area (Å²) in [4.78, 5) is 40.6. The molecule has 0 radical (unpaired) electrons. The number of nitrogens with one attached hydrogen (secondary N) is 1. The minimum Gasteiger partial charge on any atom is -0.352 e. The Morgan fingerprint density at radius 1 is 1.07 bits per heavy atom. The fourth-order valence-corrected chi connectivity index (χ4v) is 3.65. The van der Waals surface area contributed by atoms with Gasteiger partial charge in [-0.2, -0.15) is 0 Å². The third-order valence-electron chi connectivity index (χ3n) is 5.73. The molecule has 6 heteroatoms. The van der Waals surface area contributed by atoms with Gasteiger partial charge in [0.25, 0.3) is 11.8 Å². The minimum absolute atomic E-state index is 0.0213. The van der Waals surface area contributed by atoms with Crippen molar-refractivity contribution >= 4 is 11.8 Å². The highest BCUT2D eigenvalue weighted by Crippen LogP contribution is 2.18. The first kappa shape index (κ1) is 21.8. The van der Waals surface area contributed by atoms with E-state index in [4.69, 9.17) is 0 Å². The second-order valence-electron chi connectivity index (χ2n) is 8.42. The minimum atomic E-state index is -0.493. The van der Waals surface area contributed by atoms with E-state index in [-0.39, 0.29) is 23.1 Å². The predicted octanol–water partition coefficient (Wildman–Crippen LogP) is 3.27. The molecule has 1 aliphatic rings. The number of piperidine rings is 1. The highest BCUT2D eigenvalue weighted by Gasteiger charge is 2.26. The Hall–Kier alpha value is -2.89. The van der Waals surface area contributed by atoms with E-state index in [1.54, 1.807) is 21.9 Å². The second-order valence-corrected chi connectivity index (χ2v) is 8.42. The lowest BCUT2D eigenvalue weighted by Crippen LogP contribution is -2.41. The van der Waals surface area contributed by atoms with Gasteiger partial charge in [-0.15, -0.1) is 0 Å². The number of amides is 2. The quantitative estimate of drug-likeness (QED) is 0.796. The van der Waals surface area contributed by atoms with E-state index in [2.05, 4.69) is 12.2 Å². The van der Waals surface area contributed by atoms with Crippen LogP contribution < -0.4 is 10.7 Å². The van der Waals surface area contributed by atoms with Gasteiger partial charge >= 0.3 is 0 Å². The second kappa shape index (κ2) is 9.74. The summed E-state index contributed by atoms with van der Waals surface area (Å²) in [5, 5.41) is 2.83. The first-order valence-corrected chi connectivity index (χ1v) is 10.7. The van der Waals surface area contributed by atoms with Crippen molar-refractivity contribution in [2.24, 2.45) is 5.92 Å². The number of nitrogens with zero attached hydrogens (tertiary/aromatic N) is 2. The third-order valence-corrected chi connectivity index (χ3v) is 5.73. The van der Waals surface area contributed by atoms with Crippen molar-refractivity contribution in [1.82, 2.24) is 14.8 Å². The smallest absolute Gasteiger partial charge is 0.259 e.